The third-order valence-corrected chi connectivity index (χ3v) is 4.79. The standard InChI is InChI=1S/C19H19N5O3S/c1-2-21-17-16(19(26)27)28-18(24-17)12-5-7-13(8-6-12)23-15(25)11-22-14-4-3-9-20-10-14/h3-10,21-22H,2,11H2,1H3,(H,23,25)(H,26,27). The number of carbonyl (C=O) groups is 2. The number of carboxylic acid groups (broad SMARTS) is 1. The highest BCUT2D eigenvalue weighted by molar-refractivity contribution is 7.17. The number of carboxylic acids is 1. The Bertz CT molecular complexity index is 957. The molecule has 0 aliphatic heterocycles. The van der Waals surface area contributed by atoms with Gasteiger partial charge in [-0.3, -0.25) is 9.78 Å². The fourth-order valence-corrected chi connectivity index (χ4v) is 3.31. The molecule has 8 nitrogen and oxygen atoms in total. The van der Waals surface area contributed by atoms with Gasteiger partial charge in [-0.25, -0.2) is 9.78 Å². The van der Waals surface area contributed by atoms with Crippen LogP contribution in [0.4, 0.5) is 17.2 Å². The van der Waals surface area contributed by atoms with E-state index in [0.717, 1.165) is 22.6 Å². The number of amides is 1. The van der Waals surface area contributed by atoms with Crippen LogP contribution in [0.5, 0.6) is 0 Å². The van der Waals surface area contributed by atoms with Crippen LogP contribution in [0.1, 0.15) is 16.6 Å². The van der Waals surface area contributed by atoms with Crippen LogP contribution in [0, 0.1) is 0 Å². The maximum atomic E-state index is 12.1. The number of pyridine rings is 1. The molecule has 0 spiro atoms. The monoisotopic (exact) mass is 397 g/mol. The fraction of sp³-hybridized carbons (Fsp3) is 0.158. The van der Waals surface area contributed by atoms with E-state index in [1.165, 1.54) is 0 Å². The van der Waals surface area contributed by atoms with E-state index in [4.69, 9.17) is 0 Å². The van der Waals surface area contributed by atoms with E-state index in [9.17, 15) is 14.7 Å². The van der Waals surface area contributed by atoms with Gasteiger partial charge in [-0.2, -0.15) is 0 Å². The summed E-state index contributed by atoms with van der Waals surface area (Å²) in [5.41, 5.74) is 2.19. The minimum atomic E-state index is -1.01. The highest BCUT2D eigenvalue weighted by Crippen LogP contribution is 2.31. The molecule has 144 valence electrons. The molecule has 9 heteroatoms. The lowest BCUT2D eigenvalue weighted by Crippen LogP contribution is -2.21. The number of aromatic carboxylic acids is 1. The third kappa shape index (κ3) is 4.83. The number of rotatable bonds is 8. The van der Waals surface area contributed by atoms with Crippen LogP contribution >= 0.6 is 11.3 Å². The van der Waals surface area contributed by atoms with Crippen LogP contribution in [0.25, 0.3) is 10.6 Å². The molecule has 1 aromatic carbocycles. The summed E-state index contributed by atoms with van der Waals surface area (Å²) in [5, 5.41) is 18.7. The van der Waals surface area contributed by atoms with E-state index >= 15 is 0 Å². The first kappa shape index (κ1) is 19.3. The molecule has 4 N–H and O–H groups in total. The molecule has 0 fully saturated rings. The van der Waals surface area contributed by atoms with Crippen molar-refractivity contribution in [1.82, 2.24) is 9.97 Å². The molecule has 0 aliphatic carbocycles. The van der Waals surface area contributed by atoms with Crippen LogP contribution in [0.15, 0.2) is 48.8 Å². The molecule has 28 heavy (non-hydrogen) atoms. The summed E-state index contributed by atoms with van der Waals surface area (Å²) < 4.78 is 0. The van der Waals surface area contributed by atoms with Gasteiger partial charge in [0.1, 0.15) is 5.01 Å². The van der Waals surface area contributed by atoms with E-state index in [2.05, 4.69) is 25.9 Å². The molecule has 0 saturated heterocycles. The molecular weight excluding hydrogens is 378 g/mol. The zero-order chi connectivity index (χ0) is 19.9. The largest absolute Gasteiger partial charge is 0.477 e. The van der Waals surface area contributed by atoms with Crippen LogP contribution in [0.2, 0.25) is 0 Å². The maximum absolute atomic E-state index is 12.1. The molecule has 0 aliphatic rings. The SMILES string of the molecule is CCNc1nc(-c2ccc(NC(=O)CNc3cccnc3)cc2)sc1C(=O)O. The normalized spacial score (nSPS) is 10.3. The lowest BCUT2D eigenvalue weighted by molar-refractivity contribution is -0.114. The van der Waals surface area contributed by atoms with Gasteiger partial charge in [0.2, 0.25) is 5.91 Å². The van der Waals surface area contributed by atoms with Gasteiger partial charge in [-0.15, -0.1) is 11.3 Å². The number of anilines is 3. The summed E-state index contributed by atoms with van der Waals surface area (Å²) in [4.78, 5) is 31.9. The Labute approximate surface area is 165 Å². The number of nitrogens with one attached hydrogen (secondary N) is 3. The van der Waals surface area contributed by atoms with Gasteiger partial charge in [0, 0.05) is 30.2 Å². The molecule has 3 aromatic rings. The molecule has 3 rings (SSSR count). The molecule has 2 heterocycles. The Kier molecular flexibility index (Phi) is 6.18. The van der Waals surface area contributed by atoms with Gasteiger partial charge in [0.25, 0.3) is 0 Å². The second kappa shape index (κ2) is 8.96. The fourth-order valence-electron chi connectivity index (χ4n) is 2.43. The van der Waals surface area contributed by atoms with Crippen LogP contribution in [-0.2, 0) is 4.79 Å². The Morgan fingerprint density at radius 3 is 2.54 bits per heavy atom. The number of nitrogens with zero attached hydrogens (tertiary/aromatic N) is 2. The Morgan fingerprint density at radius 1 is 1.11 bits per heavy atom. The van der Waals surface area contributed by atoms with Crippen LogP contribution < -0.4 is 16.0 Å². The van der Waals surface area contributed by atoms with Gasteiger partial charge in [0.05, 0.1) is 12.2 Å². The molecule has 0 radical (unpaired) electrons. The Hall–Kier alpha value is -3.46. The summed E-state index contributed by atoms with van der Waals surface area (Å²) >= 11 is 1.11. The molecule has 2 aromatic heterocycles. The van der Waals surface area contributed by atoms with E-state index in [0.29, 0.717) is 23.1 Å². The number of aromatic nitrogens is 2. The summed E-state index contributed by atoms with van der Waals surface area (Å²) in [7, 11) is 0. The van der Waals surface area contributed by atoms with Crippen molar-refractivity contribution in [3.63, 3.8) is 0 Å². The summed E-state index contributed by atoms with van der Waals surface area (Å²) in [6, 6.07) is 10.7. The number of carbonyl (C=O) groups excluding carboxylic acids is 1. The zero-order valence-electron chi connectivity index (χ0n) is 15.1. The smallest absolute Gasteiger partial charge is 0.349 e. The predicted octanol–water partition coefficient (Wildman–Crippen LogP) is 3.39. The second-order valence-electron chi connectivity index (χ2n) is 5.75. The van der Waals surface area contributed by atoms with E-state index in [1.54, 1.807) is 42.7 Å². The minimum absolute atomic E-state index is 0.119. The first-order valence-electron chi connectivity index (χ1n) is 8.59. The topological polar surface area (TPSA) is 116 Å². The number of hydrogen-bond acceptors (Lipinski definition) is 7. The highest BCUT2D eigenvalue weighted by Gasteiger charge is 2.17. The Balaban J connectivity index is 1.64. The molecule has 1 amide bonds. The molecule has 0 unspecified atom stereocenters. The third-order valence-electron chi connectivity index (χ3n) is 3.70. The summed E-state index contributed by atoms with van der Waals surface area (Å²) in [6.45, 7) is 2.58. The number of thiazole rings is 1. The van der Waals surface area contributed by atoms with Crippen molar-refractivity contribution in [1.29, 1.82) is 0 Å². The van der Waals surface area contributed by atoms with Gasteiger partial charge in [0.15, 0.2) is 10.7 Å². The van der Waals surface area contributed by atoms with Gasteiger partial charge >= 0.3 is 5.97 Å². The van der Waals surface area contributed by atoms with E-state index in [-0.39, 0.29) is 17.3 Å². The lowest BCUT2D eigenvalue weighted by Gasteiger charge is -2.08. The van der Waals surface area contributed by atoms with Gasteiger partial charge in [-0.05, 0) is 43.3 Å². The van der Waals surface area contributed by atoms with Gasteiger partial charge in [-0.1, -0.05) is 0 Å². The average molecular weight is 397 g/mol. The molecule has 0 saturated carbocycles. The minimum Gasteiger partial charge on any atom is -0.477 e. The predicted molar refractivity (Wildman–Crippen MR) is 110 cm³/mol. The van der Waals surface area contributed by atoms with Crippen molar-refractivity contribution in [2.75, 3.05) is 29.0 Å². The average Bonchev–Trinajstić information content (AvgIpc) is 3.12. The molecular formula is C19H19N5O3S. The van der Waals surface area contributed by atoms with Crippen molar-refractivity contribution >= 4 is 40.4 Å². The Morgan fingerprint density at radius 2 is 1.89 bits per heavy atom. The molecule has 0 atom stereocenters. The van der Waals surface area contributed by atoms with Crippen LogP contribution in [0.3, 0.4) is 0 Å². The van der Waals surface area contributed by atoms with Gasteiger partial charge < -0.3 is 21.1 Å². The molecule has 0 bridgehead atoms. The number of benzene rings is 1. The highest BCUT2D eigenvalue weighted by atomic mass is 32.1. The van der Waals surface area contributed by atoms with Crippen molar-refractivity contribution in [2.24, 2.45) is 0 Å². The quantitative estimate of drug-likeness (QED) is 0.460. The number of hydrogen-bond donors (Lipinski definition) is 4. The van der Waals surface area contributed by atoms with E-state index in [1.807, 2.05) is 13.0 Å². The summed E-state index contributed by atoms with van der Waals surface area (Å²) in [5.74, 6) is -0.827. The van der Waals surface area contributed by atoms with Crippen molar-refractivity contribution in [2.45, 2.75) is 6.92 Å². The lowest BCUT2D eigenvalue weighted by atomic mass is 10.2. The maximum Gasteiger partial charge on any atom is 0.349 e. The van der Waals surface area contributed by atoms with Crippen molar-refractivity contribution in [3.8, 4) is 10.6 Å². The zero-order valence-corrected chi connectivity index (χ0v) is 15.9. The van der Waals surface area contributed by atoms with Crippen LogP contribution in [-0.4, -0.2) is 40.0 Å². The van der Waals surface area contributed by atoms with Crippen molar-refractivity contribution < 1.29 is 14.7 Å². The summed E-state index contributed by atoms with van der Waals surface area (Å²) in [6.07, 6.45) is 3.30. The van der Waals surface area contributed by atoms with Crippen molar-refractivity contribution in [3.05, 3.63) is 53.7 Å². The first-order chi connectivity index (χ1) is 13.6. The second-order valence-corrected chi connectivity index (χ2v) is 6.75. The first-order valence-corrected chi connectivity index (χ1v) is 9.40. The van der Waals surface area contributed by atoms with E-state index < -0.39 is 5.97 Å².